The van der Waals surface area contributed by atoms with Crippen molar-refractivity contribution in [1.82, 2.24) is 0 Å². The SMILES string of the molecule is c1ccc(-c2c3ccccc3c(-c3ccccc3-c3cccc4c3Sc3cccc5c3B4c3ccccc3S5)c3ccccc23)cc1. The maximum atomic E-state index is 2.37. The van der Waals surface area contributed by atoms with Crippen LogP contribution in [0.3, 0.4) is 0 Å². The van der Waals surface area contributed by atoms with Gasteiger partial charge in [-0.2, -0.15) is 0 Å². The summed E-state index contributed by atoms with van der Waals surface area (Å²) >= 11 is 3.86. The zero-order chi connectivity index (χ0) is 30.9. The van der Waals surface area contributed by atoms with E-state index >= 15 is 0 Å². The Hall–Kier alpha value is -4.96. The fourth-order valence-electron chi connectivity index (χ4n) is 7.88. The predicted molar refractivity (Wildman–Crippen MR) is 204 cm³/mol. The lowest BCUT2D eigenvalue weighted by Crippen LogP contribution is -2.58. The lowest BCUT2D eigenvalue weighted by atomic mass is 9.36. The molecule has 218 valence electrons. The van der Waals surface area contributed by atoms with Gasteiger partial charge in [0, 0.05) is 19.6 Å². The average molecular weight is 631 g/mol. The first-order valence-corrected chi connectivity index (χ1v) is 17.8. The van der Waals surface area contributed by atoms with Crippen LogP contribution < -0.4 is 16.4 Å². The molecule has 0 spiro atoms. The largest absolute Gasteiger partial charge is 0.247 e. The zero-order valence-corrected chi connectivity index (χ0v) is 27.1. The van der Waals surface area contributed by atoms with Crippen molar-refractivity contribution in [3.63, 3.8) is 0 Å². The molecule has 2 aliphatic rings. The van der Waals surface area contributed by atoms with E-state index in [-0.39, 0.29) is 6.71 Å². The molecule has 0 unspecified atom stereocenters. The first kappa shape index (κ1) is 27.2. The molecule has 0 bridgehead atoms. The molecule has 10 rings (SSSR count). The third-order valence-corrected chi connectivity index (χ3v) is 12.2. The summed E-state index contributed by atoms with van der Waals surface area (Å²) in [6, 6.07) is 60.7. The number of hydrogen-bond donors (Lipinski definition) is 0. The minimum absolute atomic E-state index is 0.230. The van der Waals surface area contributed by atoms with E-state index in [1.54, 1.807) is 0 Å². The predicted octanol–water partition coefficient (Wildman–Crippen LogP) is 10.4. The lowest BCUT2D eigenvalue weighted by Gasteiger charge is -2.33. The van der Waals surface area contributed by atoms with Crippen molar-refractivity contribution in [3.05, 3.63) is 164 Å². The van der Waals surface area contributed by atoms with Crippen molar-refractivity contribution in [3.8, 4) is 33.4 Å². The van der Waals surface area contributed by atoms with Gasteiger partial charge in [-0.1, -0.05) is 180 Å². The van der Waals surface area contributed by atoms with Gasteiger partial charge in [-0.25, -0.2) is 0 Å². The Morgan fingerprint density at radius 3 is 1.60 bits per heavy atom. The Bertz CT molecular complexity index is 2480. The van der Waals surface area contributed by atoms with E-state index in [1.165, 1.54) is 90.9 Å². The van der Waals surface area contributed by atoms with E-state index in [1.807, 2.05) is 23.5 Å². The molecule has 2 aliphatic heterocycles. The first-order chi connectivity index (χ1) is 23.3. The molecule has 3 heteroatoms. The van der Waals surface area contributed by atoms with Crippen molar-refractivity contribution in [2.75, 3.05) is 0 Å². The molecular weight excluding hydrogens is 603 g/mol. The summed E-state index contributed by atoms with van der Waals surface area (Å²) < 4.78 is 0. The molecule has 2 heterocycles. The maximum absolute atomic E-state index is 2.37. The molecule has 8 aromatic carbocycles. The number of fused-ring (bicyclic) bond motifs is 6. The second-order valence-corrected chi connectivity index (χ2v) is 14.5. The van der Waals surface area contributed by atoms with Crippen LogP contribution in [-0.4, -0.2) is 6.71 Å². The van der Waals surface area contributed by atoms with Crippen LogP contribution in [0.5, 0.6) is 0 Å². The molecule has 0 saturated heterocycles. The molecular formula is C44H27BS2. The fourth-order valence-corrected chi connectivity index (χ4v) is 10.4. The van der Waals surface area contributed by atoms with E-state index in [4.69, 9.17) is 0 Å². The molecule has 0 atom stereocenters. The van der Waals surface area contributed by atoms with Gasteiger partial charge in [-0.3, -0.25) is 0 Å². The summed E-state index contributed by atoms with van der Waals surface area (Å²) in [5, 5.41) is 5.13. The highest BCUT2D eigenvalue weighted by Gasteiger charge is 2.38. The quantitative estimate of drug-likeness (QED) is 0.141. The monoisotopic (exact) mass is 630 g/mol. The van der Waals surface area contributed by atoms with E-state index < -0.39 is 0 Å². The first-order valence-electron chi connectivity index (χ1n) is 16.1. The molecule has 0 aromatic heterocycles. The van der Waals surface area contributed by atoms with Crippen molar-refractivity contribution < 1.29 is 0 Å². The molecule has 0 radical (unpaired) electrons. The molecule has 8 aromatic rings. The summed E-state index contributed by atoms with van der Waals surface area (Å²) in [4.78, 5) is 5.48. The molecule has 0 aliphatic carbocycles. The minimum Gasteiger partial charge on any atom is -0.0911 e. The Balaban J connectivity index is 1.25. The van der Waals surface area contributed by atoms with Gasteiger partial charge in [-0.15, -0.1) is 0 Å². The van der Waals surface area contributed by atoms with Gasteiger partial charge < -0.3 is 0 Å². The molecule has 0 saturated carbocycles. The summed E-state index contributed by atoms with van der Waals surface area (Å²) in [6.45, 7) is 0.230. The van der Waals surface area contributed by atoms with Crippen LogP contribution in [0.2, 0.25) is 0 Å². The van der Waals surface area contributed by atoms with Crippen LogP contribution in [0.15, 0.2) is 183 Å². The van der Waals surface area contributed by atoms with Gasteiger partial charge in [0.15, 0.2) is 0 Å². The Morgan fingerprint density at radius 2 is 0.851 bits per heavy atom. The highest BCUT2D eigenvalue weighted by Crippen LogP contribution is 2.48. The van der Waals surface area contributed by atoms with E-state index in [0.29, 0.717) is 0 Å². The molecule has 0 N–H and O–H groups in total. The van der Waals surface area contributed by atoms with Crippen LogP contribution in [-0.2, 0) is 0 Å². The van der Waals surface area contributed by atoms with Crippen LogP contribution in [0.4, 0.5) is 0 Å². The summed E-state index contributed by atoms with van der Waals surface area (Å²) in [5.41, 5.74) is 12.0. The Labute approximate surface area is 283 Å². The van der Waals surface area contributed by atoms with Crippen molar-refractivity contribution in [1.29, 1.82) is 0 Å². The van der Waals surface area contributed by atoms with Gasteiger partial charge in [0.2, 0.25) is 6.71 Å². The van der Waals surface area contributed by atoms with E-state index in [2.05, 4.69) is 164 Å². The highest BCUT2D eigenvalue weighted by atomic mass is 32.2. The van der Waals surface area contributed by atoms with Crippen molar-refractivity contribution in [2.24, 2.45) is 0 Å². The van der Waals surface area contributed by atoms with Gasteiger partial charge in [0.05, 0.1) is 0 Å². The zero-order valence-electron chi connectivity index (χ0n) is 25.5. The third kappa shape index (κ3) is 4.13. The second kappa shape index (κ2) is 10.8. The molecule has 0 nitrogen and oxygen atoms in total. The lowest BCUT2D eigenvalue weighted by molar-refractivity contribution is 1.33. The highest BCUT2D eigenvalue weighted by molar-refractivity contribution is 8.01. The Morgan fingerprint density at radius 1 is 0.340 bits per heavy atom. The molecule has 0 amide bonds. The number of benzene rings is 8. The maximum Gasteiger partial charge on any atom is 0.247 e. The summed E-state index contributed by atoms with van der Waals surface area (Å²) in [5.74, 6) is 0. The summed E-state index contributed by atoms with van der Waals surface area (Å²) in [6.07, 6.45) is 0. The summed E-state index contributed by atoms with van der Waals surface area (Å²) in [7, 11) is 0. The smallest absolute Gasteiger partial charge is 0.0911 e. The molecule has 0 fully saturated rings. The van der Waals surface area contributed by atoms with Crippen molar-refractivity contribution in [2.45, 2.75) is 19.6 Å². The molecule has 47 heavy (non-hydrogen) atoms. The van der Waals surface area contributed by atoms with E-state index in [9.17, 15) is 0 Å². The topological polar surface area (TPSA) is 0 Å². The van der Waals surface area contributed by atoms with Gasteiger partial charge in [0.1, 0.15) is 0 Å². The standard InChI is InChI=1S/C44H27BS2/c1-2-14-28(15-3-1)41-31-18-6-8-20-33(31)42(34-21-9-7-19-32(34)41)30-17-5-4-16-29(30)35-22-12-24-37-44(35)47-40-27-13-26-39-43(40)45(37)36-23-10-11-25-38(36)46-39/h1-27H. The number of rotatable bonds is 3. The van der Waals surface area contributed by atoms with Crippen LogP contribution in [0.1, 0.15) is 0 Å². The fraction of sp³-hybridized carbons (Fsp3) is 0. The second-order valence-electron chi connectivity index (χ2n) is 12.3. The third-order valence-electron chi connectivity index (χ3n) is 9.81. The number of hydrogen-bond acceptors (Lipinski definition) is 2. The minimum atomic E-state index is 0.230. The average Bonchev–Trinajstić information content (AvgIpc) is 3.14. The van der Waals surface area contributed by atoms with Crippen LogP contribution in [0.25, 0.3) is 54.9 Å². The van der Waals surface area contributed by atoms with Crippen molar-refractivity contribution >= 4 is 68.2 Å². The van der Waals surface area contributed by atoms with E-state index in [0.717, 1.165) is 0 Å². The van der Waals surface area contributed by atoms with Gasteiger partial charge in [0.25, 0.3) is 0 Å². The van der Waals surface area contributed by atoms with Crippen LogP contribution in [0, 0.1) is 0 Å². The van der Waals surface area contributed by atoms with Crippen LogP contribution >= 0.6 is 23.5 Å². The normalized spacial score (nSPS) is 12.9. The Kier molecular flexibility index (Phi) is 6.25. The van der Waals surface area contributed by atoms with Gasteiger partial charge >= 0.3 is 0 Å². The van der Waals surface area contributed by atoms with Gasteiger partial charge in [-0.05, 0) is 78.6 Å².